The molecule has 2 heteroatoms. The SMILES string of the molecule is CN(CC1CCCC(N)C1)c1ccccc1. The molecule has 2 nitrogen and oxygen atoms in total. The normalized spacial score (nSPS) is 25.4. The van der Waals surface area contributed by atoms with Gasteiger partial charge in [-0.1, -0.05) is 24.6 Å². The van der Waals surface area contributed by atoms with E-state index in [0.29, 0.717) is 6.04 Å². The Morgan fingerprint density at radius 1 is 1.25 bits per heavy atom. The van der Waals surface area contributed by atoms with Gasteiger partial charge in [-0.15, -0.1) is 0 Å². The molecule has 0 radical (unpaired) electrons. The summed E-state index contributed by atoms with van der Waals surface area (Å²) in [6, 6.07) is 11.0. The molecular formula is C14H22N2. The third kappa shape index (κ3) is 2.99. The second-order valence-electron chi connectivity index (χ2n) is 5.01. The number of anilines is 1. The van der Waals surface area contributed by atoms with E-state index in [0.717, 1.165) is 12.5 Å². The first kappa shape index (κ1) is 11.5. The molecule has 88 valence electrons. The Bertz CT molecular complexity index is 310. The molecule has 1 saturated carbocycles. The van der Waals surface area contributed by atoms with Crippen LogP contribution in [0, 0.1) is 5.92 Å². The molecule has 1 aromatic carbocycles. The van der Waals surface area contributed by atoms with Gasteiger partial charge in [0.1, 0.15) is 0 Å². The van der Waals surface area contributed by atoms with Gasteiger partial charge in [0, 0.05) is 25.3 Å². The van der Waals surface area contributed by atoms with E-state index >= 15 is 0 Å². The van der Waals surface area contributed by atoms with Crippen LogP contribution in [0.4, 0.5) is 5.69 Å². The lowest BCUT2D eigenvalue weighted by Gasteiger charge is -2.31. The maximum absolute atomic E-state index is 6.02. The van der Waals surface area contributed by atoms with Crippen LogP contribution in [0.3, 0.4) is 0 Å². The summed E-state index contributed by atoms with van der Waals surface area (Å²) in [5, 5.41) is 0. The molecule has 0 saturated heterocycles. The summed E-state index contributed by atoms with van der Waals surface area (Å²) >= 11 is 0. The molecule has 1 aromatic rings. The Labute approximate surface area is 98.4 Å². The van der Waals surface area contributed by atoms with Gasteiger partial charge in [0.2, 0.25) is 0 Å². The van der Waals surface area contributed by atoms with Crippen molar-refractivity contribution in [2.75, 3.05) is 18.5 Å². The first-order chi connectivity index (χ1) is 7.75. The van der Waals surface area contributed by atoms with Crippen LogP contribution in [0.15, 0.2) is 30.3 Å². The van der Waals surface area contributed by atoms with E-state index in [9.17, 15) is 0 Å². The van der Waals surface area contributed by atoms with Crippen molar-refractivity contribution < 1.29 is 0 Å². The van der Waals surface area contributed by atoms with Crippen molar-refractivity contribution in [2.45, 2.75) is 31.7 Å². The lowest BCUT2D eigenvalue weighted by molar-refractivity contribution is 0.326. The van der Waals surface area contributed by atoms with Gasteiger partial charge in [-0.2, -0.15) is 0 Å². The zero-order chi connectivity index (χ0) is 11.4. The third-order valence-corrected chi connectivity index (χ3v) is 3.55. The van der Waals surface area contributed by atoms with Crippen LogP contribution in [-0.4, -0.2) is 19.6 Å². The summed E-state index contributed by atoms with van der Waals surface area (Å²) in [7, 11) is 2.18. The number of rotatable bonds is 3. The molecule has 1 fully saturated rings. The maximum atomic E-state index is 6.02. The van der Waals surface area contributed by atoms with E-state index in [4.69, 9.17) is 5.73 Å². The zero-order valence-electron chi connectivity index (χ0n) is 10.1. The Kier molecular flexibility index (Phi) is 3.83. The molecule has 0 spiro atoms. The number of hydrogen-bond acceptors (Lipinski definition) is 2. The van der Waals surface area contributed by atoms with Crippen molar-refractivity contribution in [3.05, 3.63) is 30.3 Å². The van der Waals surface area contributed by atoms with E-state index in [-0.39, 0.29) is 0 Å². The van der Waals surface area contributed by atoms with Crippen LogP contribution >= 0.6 is 0 Å². The van der Waals surface area contributed by atoms with Crippen LogP contribution in [0.1, 0.15) is 25.7 Å². The fourth-order valence-electron chi connectivity index (χ4n) is 2.67. The Hall–Kier alpha value is -1.02. The van der Waals surface area contributed by atoms with Gasteiger partial charge in [0.25, 0.3) is 0 Å². The predicted octanol–water partition coefficient (Wildman–Crippen LogP) is 2.64. The monoisotopic (exact) mass is 218 g/mol. The van der Waals surface area contributed by atoms with Gasteiger partial charge in [-0.05, 0) is 37.3 Å². The van der Waals surface area contributed by atoms with Gasteiger partial charge in [0.05, 0.1) is 0 Å². The van der Waals surface area contributed by atoms with Crippen LogP contribution in [-0.2, 0) is 0 Å². The summed E-state index contributed by atoms with van der Waals surface area (Å²) in [6.45, 7) is 1.14. The van der Waals surface area contributed by atoms with Gasteiger partial charge >= 0.3 is 0 Å². The zero-order valence-corrected chi connectivity index (χ0v) is 10.1. The molecule has 0 bridgehead atoms. The minimum atomic E-state index is 0.433. The van der Waals surface area contributed by atoms with Crippen molar-refractivity contribution in [2.24, 2.45) is 11.7 Å². The topological polar surface area (TPSA) is 29.3 Å². The van der Waals surface area contributed by atoms with Crippen molar-refractivity contribution in [1.82, 2.24) is 0 Å². The quantitative estimate of drug-likeness (QED) is 0.845. The average Bonchev–Trinajstić information content (AvgIpc) is 2.30. The van der Waals surface area contributed by atoms with E-state index in [1.807, 2.05) is 0 Å². The van der Waals surface area contributed by atoms with Crippen LogP contribution in [0.25, 0.3) is 0 Å². The number of hydrogen-bond donors (Lipinski definition) is 1. The lowest BCUT2D eigenvalue weighted by atomic mass is 9.86. The van der Waals surface area contributed by atoms with E-state index in [1.165, 1.54) is 31.4 Å². The minimum Gasteiger partial charge on any atom is -0.374 e. The summed E-state index contributed by atoms with van der Waals surface area (Å²) in [5.41, 5.74) is 7.33. The van der Waals surface area contributed by atoms with Crippen molar-refractivity contribution >= 4 is 5.69 Å². The first-order valence-corrected chi connectivity index (χ1v) is 6.27. The van der Waals surface area contributed by atoms with E-state index in [2.05, 4.69) is 42.3 Å². The molecule has 2 N–H and O–H groups in total. The van der Waals surface area contributed by atoms with Crippen molar-refractivity contribution in [3.8, 4) is 0 Å². The molecule has 0 heterocycles. The lowest BCUT2D eigenvalue weighted by Crippen LogP contribution is -2.34. The number of nitrogens with two attached hydrogens (primary N) is 1. The second-order valence-corrected chi connectivity index (χ2v) is 5.01. The molecule has 1 aliphatic carbocycles. The largest absolute Gasteiger partial charge is 0.374 e. The highest BCUT2D eigenvalue weighted by Crippen LogP contribution is 2.25. The standard InChI is InChI=1S/C14H22N2/c1-16(14-8-3-2-4-9-14)11-12-6-5-7-13(15)10-12/h2-4,8-9,12-13H,5-7,10-11,15H2,1H3. The van der Waals surface area contributed by atoms with Gasteiger partial charge < -0.3 is 10.6 Å². The first-order valence-electron chi connectivity index (χ1n) is 6.27. The molecule has 16 heavy (non-hydrogen) atoms. The highest BCUT2D eigenvalue weighted by Gasteiger charge is 2.20. The number of para-hydroxylation sites is 1. The number of nitrogens with zero attached hydrogens (tertiary/aromatic N) is 1. The third-order valence-electron chi connectivity index (χ3n) is 3.55. The van der Waals surface area contributed by atoms with Crippen LogP contribution < -0.4 is 10.6 Å². The summed E-state index contributed by atoms with van der Waals surface area (Å²) < 4.78 is 0. The average molecular weight is 218 g/mol. The van der Waals surface area contributed by atoms with Crippen LogP contribution in [0.5, 0.6) is 0 Å². The van der Waals surface area contributed by atoms with Crippen LogP contribution in [0.2, 0.25) is 0 Å². The maximum Gasteiger partial charge on any atom is 0.0363 e. The molecule has 0 aromatic heterocycles. The summed E-state index contributed by atoms with van der Waals surface area (Å²) in [4.78, 5) is 2.35. The predicted molar refractivity (Wildman–Crippen MR) is 69.6 cm³/mol. The summed E-state index contributed by atoms with van der Waals surface area (Å²) in [5.74, 6) is 0.772. The molecule has 0 aliphatic heterocycles. The van der Waals surface area contributed by atoms with E-state index in [1.54, 1.807) is 0 Å². The molecule has 1 aliphatic rings. The minimum absolute atomic E-state index is 0.433. The second kappa shape index (κ2) is 5.35. The van der Waals surface area contributed by atoms with Gasteiger partial charge in [-0.3, -0.25) is 0 Å². The smallest absolute Gasteiger partial charge is 0.0363 e. The Morgan fingerprint density at radius 2 is 2.00 bits per heavy atom. The summed E-state index contributed by atoms with van der Waals surface area (Å²) in [6.07, 6.45) is 5.04. The number of benzene rings is 1. The van der Waals surface area contributed by atoms with Gasteiger partial charge in [0.15, 0.2) is 0 Å². The fourth-order valence-corrected chi connectivity index (χ4v) is 2.67. The Balaban J connectivity index is 1.89. The van der Waals surface area contributed by atoms with Gasteiger partial charge in [-0.25, -0.2) is 0 Å². The Morgan fingerprint density at radius 3 is 2.69 bits per heavy atom. The fraction of sp³-hybridized carbons (Fsp3) is 0.571. The van der Waals surface area contributed by atoms with Crippen molar-refractivity contribution in [1.29, 1.82) is 0 Å². The molecule has 2 rings (SSSR count). The molecule has 2 unspecified atom stereocenters. The highest BCUT2D eigenvalue weighted by molar-refractivity contribution is 5.44. The molecule has 0 amide bonds. The van der Waals surface area contributed by atoms with Crippen molar-refractivity contribution in [3.63, 3.8) is 0 Å². The van der Waals surface area contributed by atoms with E-state index < -0.39 is 0 Å². The highest BCUT2D eigenvalue weighted by atomic mass is 15.1. The molecular weight excluding hydrogens is 196 g/mol. The molecule has 2 atom stereocenters.